The second-order valence-corrected chi connectivity index (χ2v) is 4.72. The van der Waals surface area contributed by atoms with Crippen molar-refractivity contribution >= 4 is 5.91 Å². The number of aliphatic hydroxyl groups excluding tert-OH is 1. The van der Waals surface area contributed by atoms with E-state index in [1.165, 1.54) is 0 Å². The minimum Gasteiger partial charge on any atom is -0.396 e. The predicted octanol–water partition coefficient (Wildman–Crippen LogP) is 0.247. The lowest BCUT2D eigenvalue weighted by Gasteiger charge is -2.20. The molecule has 1 fully saturated rings. The van der Waals surface area contributed by atoms with Crippen molar-refractivity contribution in [3.63, 3.8) is 0 Å². The fourth-order valence-corrected chi connectivity index (χ4v) is 1.52. The Bertz CT molecular complexity index is 217. The Labute approximate surface area is 91.2 Å². The molecule has 1 aliphatic carbocycles. The Balaban J connectivity index is 2.22. The van der Waals surface area contributed by atoms with E-state index in [0.717, 1.165) is 12.8 Å². The first-order valence-electron chi connectivity index (χ1n) is 5.70. The van der Waals surface area contributed by atoms with Gasteiger partial charge in [-0.05, 0) is 31.6 Å². The minimum atomic E-state index is 0.00204. The van der Waals surface area contributed by atoms with Crippen molar-refractivity contribution in [2.45, 2.75) is 45.2 Å². The van der Waals surface area contributed by atoms with Crippen molar-refractivity contribution in [1.82, 2.24) is 5.32 Å². The average molecular weight is 214 g/mol. The van der Waals surface area contributed by atoms with Gasteiger partial charge in [0.2, 0.25) is 5.91 Å². The van der Waals surface area contributed by atoms with Crippen LogP contribution < -0.4 is 11.1 Å². The van der Waals surface area contributed by atoms with Gasteiger partial charge in [0.05, 0.1) is 0 Å². The predicted molar refractivity (Wildman–Crippen MR) is 59.2 cm³/mol. The summed E-state index contributed by atoms with van der Waals surface area (Å²) in [4.78, 5) is 11.5. The van der Waals surface area contributed by atoms with E-state index in [9.17, 15) is 4.79 Å². The summed E-state index contributed by atoms with van der Waals surface area (Å²) in [6.07, 6.45) is 2.74. The van der Waals surface area contributed by atoms with Crippen molar-refractivity contribution in [1.29, 1.82) is 0 Å². The Hall–Kier alpha value is -0.610. The number of carbonyl (C=O) groups is 1. The standard InChI is InChI=1S/C11H22N2O2/c1-7(6-14)8(2)13-11(15)5-10(12)9-3-4-9/h7-10,14H,3-6,12H2,1-2H3,(H,13,15). The van der Waals surface area contributed by atoms with Crippen LogP contribution in [-0.2, 0) is 4.79 Å². The molecule has 0 saturated heterocycles. The summed E-state index contributed by atoms with van der Waals surface area (Å²) in [5, 5.41) is 11.8. The Kier molecular flexibility index (Phi) is 4.54. The lowest BCUT2D eigenvalue weighted by Crippen LogP contribution is -2.41. The summed E-state index contributed by atoms with van der Waals surface area (Å²) >= 11 is 0. The number of nitrogens with two attached hydrogens (primary N) is 1. The number of hydrogen-bond donors (Lipinski definition) is 3. The van der Waals surface area contributed by atoms with E-state index in [4.69, 9.17) is 10.8 Å². The van der Waals surface area contributed by atoms with Crippen LogP contribution in [0.4, 0.5) is 0 Å². The number of amides is 1. The Morgan fingerprint density at radius 1 is 1.53 bits per heavy atom. The summed E-state index contributed by atoms with van der Waals surface area (Å²) in [6, 6.07) is 0.0236. The highest BCUT2D eigenvalue weighted by Crippen LogP contribution is 2.32. The number of hydrogen-bond acceptors (Lipinski definition) is 3. The molecule has 88 valence electrons. The molecule has 1 rings (SSSR count). The highest BCUT2D eigenvalue weighted by Gasteiger charge is 2.30. The van der Waals surface area contributed by atoms with Gasteiger partial charge in [-0.25, -0.2) is 0 Å². The third kappa shape index (κ3) is 4.18. The van der Waals surface area contributed by atoms with Crippen molar-refractivity contribution in [2.75, 3.05) is 6.61 Å². The number of aliphatic hydroxyl groups is 1. The van der Waals surface area contributed by atoms with Crippen LogP contribution in [0.2, 0.25) is 0 Å². The van der Waals surface area contributed by atoms with Crippen molar-refractivity contribution < 1.29 is 9.90 Å². The Morgan fingerprint density at radius 2 is 2.13 bits per heavy atom. The van der Waals surface area contributed by atoms with Crippen molar-refractivity contribution in [2.24, 2.45) is 17.6 Å². The van der Waals surface area contributed by atoms with E-state index < -0.39 is 0 Å². The van der Waals surface area contributed by atoms with Gasteiger partial charge in [0.15, 0.2) is 0 Å². The maximum absolute atomic E-state index is 11.5. The van der Waals surface area contributed by atoms with E-state index in [0.29, 0.717) is 12.3 Å². The van der Waals surface area contributed by atoms with Gasteiger partial charge in [-0.2, -0.15) is 0 Å². The van der Waals surface area contributed by atoms with E-state index >= 15 is 0 Å². The maximum atomic E-state index is 11.5. The third-order valence-electron chi connectivity index (χ3n) is 3.18. The van der Waals surface area contributed by atoms with Gasteiger partial charge in [0.25, 0.3) is 0 Å². The van der Waals surface area contributed by atoms with Gasteiger partial charge >= 0.3 is 0 Å². The van der Waals surface area contributed by atoms with Gasteiger partial charge < -0.3 is 16.2 Å². The number of nitrogens with one attached hydrogen (secondary N) is 1. The zero-order chi connectivity index (χ0) is 11.4. The molecule has 4 N–H and O–H groups in total. The molecular weight excluding hydrogens is 192 g/mol. The quantitative estimate of drug-likeness (QED) is 0.593. The molecule has 15 heavy (non-hydrogen) atoms. The maximum Gasteiger partial charge on any atom is 0.221 e. The highest BCUT2D eigenvalue weighted by molar-refractivity contribution is 5.76. The van der Waals surface area contributed by atoms with Gasteiger partial charge in [0, 0.05) is 25.1 Å². The molecule has 0 aromatic rings. The molecule has 0 heterocycles. The molecule has 4 nitrogen and oxygen atoms in total. The average Bonchev–Trinajstić information content (AvgIpc) is 2.99. The summed E-state index contributed by atoms with van der Waals surface area (Å²) in [7, 11) is 0. The normalized spacial score (nSPS) is 21.9. The van der Waals surface area contributed by atoms with E-state index in [1.54, 1.807) is 0 Å². The molecule has 0 aromatic carbocycles. The molecule has 0 radical (unpaired) electrons. The SMILES string of the molecule is CC(CO)C(C)NC(=O)CC(N)C1CC1. The van der Waals surface area contributed by atoms with Crippen LogP contribution in [0.1, 0.15) is 33.1 Å². The fourth-order valence-electron chi connectivity index (χ4n) is 1.52. The topological polar surface area (TPSA) is 75.3 Å². The van der Waals surface area contributed by atoms with E-state index in [-0.39, 0.29) is 30.5 Å². The lowest BCUT2D eigenvalue weighted by molar-refractivity contribution is -0.122. The van der Waals surface area contributed by atoms with Crippen LogP contribution in [0.5, 0.6) is 0 Å². The molecule has 3 atom stereocenters. The molecule has 0 aromatic heterocycles. The van der Waals surface area contributed by atoms with E-state index in [2.05, 4.69) is 5.32 Å². The van der Waals surface area contributed by atoms with Gasteiger partial charge in [-0.3, -0.25) is 4.79 Å². The van der Waals surface area contributed by atoms with Crippen molar-refractivity contribution in [3.05, 3.63) is 0 Å². The molecule has 1 saturated carbocycles. The molecular formula is C11H22N2O2. The summed E-state index contributed by atoms with van der Waals surface area (Å²) in [5.41, 5.74) is 5.85. The second-order valence-electron chi connectivity index (χ2n) is 4.72. The molecule has 0 bridgehead atoms. The van der Waals surface area contributed by atoms with Crippen molar-refractivity contribution in [3.8, 4) is 0 Å². The van der Waals surface area contributed by atoms with Gasteiger partial charge in [0.1, 0.15) is 0 Å². The van der Waals surface area contributed by atoms with Crippen LogP contribution in [0, 0.1) is 11.8 Å². The highest BCUT2D eigenvalue weighted by atomic mass is 16.3. The molecule has 1 aliphatic rings. The van der Waals surface area contributed by atoms with Crippen LogP contribution in [0.15, 0.2) is 0 Å². The zero-order valence-electron chi connectivity index (χ0n) is 9.57. The zero-order valence-corrected chi connectivity index (χ0v) is 9.57. The first-order valence-corrected chi connectivity index (χ1v) is 5.70. The second kappa shape index (κ2) is 5.47. The molecule has 0 spiro atoms. The fraction of sp³-hybridized carbons (Fsp3) is 0.909. The van der Waals surface area contributed by atoms with E-state index in [1.807, 2.05) is 13.8 Å². The lowest BCUT2D eigenvalue weighted by atomic mass is 10.0. The largest absolute Gasteiger partial charge is 0.396 e. The van der Waals surface area contributed by atoms with Crippen LogP contribution in [0.3, 0.4) is 0 Å². The molecule has 4 heteroatoms. The summed E-state index contributed by atoms with van der Waals surface area (Å²) < 4.78 is 0. The smallest absolute Gasteiger partial charge is 0.221 e. The van der Waals surface area contributed by atoms with Crippen LogP contribution in [-0.4, -0.2) is 29.7 Å². The summed E-state index contributed by atoms with van der Waals surface area (Å²) in [6.45, 7) is 3.91. The molecule has 0 aliphatic heterocycles. The van der Waals surface area contributed by atoms with Gasteiger partial charge in [-0.1, -0.05) is 6.92 Å². The first kappa shape index (κ1) is 12.5. The van der Waals surface area contributed by atoms with Gasteiger partial charge in [-0.15, -0.1) is 0 Å². The third-order valence-corrected chi connectivity index (χ3v) is 3.18. The number of rotatable bonds is 6. The minimum absolute atomic E-state index is 0.00204. The molecule has 3 unspecified atom stereocenters. The first-order chi connectivity index (χ1) is 7.04. The number of carbonyl (C=O) groups excluding carboxylic acids is 1. The van der Waals surface area contributed by atoms with Crippen LogP contribution >= 0.6 is 0 Å². The molecule has 1 amide bonds. The summed E-state index contributed by atoms with van der Waals surface area (Å²) in [5.74, 6) is 0.648. The Morgan fingerprint density at radius 3 is 2.60 bits per heavy atom. The van der Waals surface area contributed by atoms with Crippen LogP contribution in [0.25, 0.3) is 0 Å². The monoisotopic (exact) mass is 214 g/mol.